The minimum atomic E-state index is 0.802. The monoisotopic (exact) mass is 269 g/mol. The summed E-state index contributed by atoms with van der Waals surface area (Å²) in [4.78, 5) is 0. The van der Waals surface area contributed by atoms with Crippen LogP contribution in [0.3, 0.4) is 0 Å². The second-order valence-corrected chi connectivity index (χ2v) is 4.95. The smallest absolute Gasteiger partial charge is 0.123 e. The maximum Gasteiger partial charge on any atom is 0.123 e. The van der Waals surface area contributed by atoms with E-state index in [1.54, 1.807) is 0 Å². The van der Waals surface area contributed by atoms with Gasteiger partial charge in [-0.2, -0.15) is 0 Å². The van der Waals surface area contributed by atoms with Crippen LogP contribution in [0.1, 0.15) is 18.4 Å². The number of hydrogen-bond acceptors (Lipinski definition) is 2. The lowest BCUT2D eigenvalue weighted by Crippen LogP contribution is -2.08. The molecule has 0 unspecified atom stereocenters. The number of rotatable bonds is 5. The van der Waals surface area contributed by atoms with Crippen molar-refractivity contribution in [1.29, 1.82) is 0 Å². The van der Waals surface area contributed by atoms with Crippen LogP contribution >= 0.6 is 15.9 Å². The fraction of sp³-hybridized carbons (Fsp3) is 0.500. The molecule has 0 aliphatic heterocycles. The summed E-state index contributed by atoms with van der Waals surface area (Å²) >= 11 is 3.48. The van der Waals surface area contributed by atoms with Crippen LogP contribution in [0.25, 0.3) is 0 Å². The first-order valence-electron chi connectivity index (χ1n) is 5.35. The van der Waals surface area contributed by atoms with Crippen LogP contribution < -0.4 is 10.1 Å². The lowest BCUT2D eigenvalue weighted by molar-refractivity contribution is 0.296. The van der Waals surface area contributed by atoms with Gasteiger partial charge in [-0.1, -0.05) is 15.9 Å². The molecule has 0 heterocycles. The Labute approximate surface area is 99.1 Å². The van der Waals surface area contributed by atoms with E-state index in [4.69, 9.17) is 4.74 Å². The molecule has 0 amide bonds. The Balaban J connectivity index is 2.04. The van der Waals surface area contributed by atoms with Crippen molar-refractivity contribution in [3.8, 4) is 5.75 Å². The molecule has 1 fully saturated rings. The lowest BCUT2D eigenvalue weighted by Gasteiger charge is -2.11. The van der Waals surface area contributed by atoms with Crippen LogP contribution in [0.2, 0.25) is 0 Å². The van der Waals surface area contributed by atoms with E-state index < -0.39 is 0 Å². The van der Waals surface area contributed by atoms with Crippen molar-refractivity contribution in [2.45, 2.75) is 19.4 Å². The lowest BCUT2D eigenvalue weighted by atomic mass is 10.2. The summed E-state index contributed by atoms with van der Waals surface area (Å²) in [6, 6.07) is 6.18. The molecule has 2 rings (SSSR count). The van der Waals surface area contributed by atoms with Crippen molar-refractivity contribution in [3.05, 3.63) is 28.2 Å². The van der Waals surface area contributed by atoms with E-state index in [0.717, 1.165) is 29.3 Å². The van der Waals surface area contributed by atoms with E-state index in [-0.39, 0.29) is 0 Å². The molecule has 1 aliphatic rings. The molecule has 1 N–H and O–H groups in total. The fourth-order valence-electron chi connectivity index (χ4n) is 1.51. The first-order valence-corrected chi connectivity index (χ1v) is 6.14. The molecule has 0 saturated heterocycles. The average Bonchev–Trinajstić information content (AvgIpc) is 3.01. The Kier molecular flexibility index (Phi) is 3.65. The average molecular weight is 270 g/mol. The number of halogens is 1. The number of ether oxygens (including phenoxy) is 1. The van der Waals surface area contributed by atoms with Crippen molar-refractivity contribution in [3.63, 3.8) is 0 Å². The van der Waals surface area contributed by atoms with Gasteiger partial charge in [0.05, 0.1) is 6.61 Å². The summed E-state index contributed by atoms with van der Waals surface area (Å²) in [6.45, 7) is 1.72. The highest BCUT2D eigenvalue weighted by Gasteiger charge is 2.22. The van der Waals surface area contributed by atoms with Crippen molar-refractivity contribution in [1.82, 2.24) is 5.32 Å². The van der Waals surface area contributed by atoms with Crippen molar-refractivity contribution >= 4 is 15.9 Å². The van der Waals surface area contributed by atoms with Gasteiger partial charge in [-0.05, 0) is 44.0 Å². The Morgan fingerprint density at radius 1 is 1.47 bits per heavy atom. The normalized spacial score (nSPS) is 15.3. The number of benzene rings is 1. The third-order valence-corrected chi connectivity index (χ3v) is 3.05. The van der Waals surface area contributed by atoms with E-state index in [9.17, 15) is 0 Å². The Morgan fingerprint density at radius 3 is 2.93 bits per heavy atom. The second-order valence-electron chi connectivity index (χ2n) is 4.04. The van der Waals surface area contributed by atoms with Gasteiger partial charge in [0, 0.05) is 16.6 Å². The predicted octanol–water partition coefficient (Wildman–Crippen LogP) is 2.96. The van der Waals surface area contributed by atoms with Crippen LogP contribution in [-0.2, 0) is 6.54 Å². The molecule has 0 spiro atoms. The Morgan fingerprint density at radius 2 is 2.27 bits per heavy atom. The first-order chi connectivity index (χ1) is 7.29. The fourth-order valence-corrected chi connectivity index (χ4v) is 1.92. The molecule has 3 heteroatoms. The van der Waals surface area contributed by atoms with Crippen molar-refractivity contribution in [2.24, 2.45) is 5.92 Å². The zero-order valence-electron chi connectivity index (χ0n) is 8.92. The molecule has 0 aromatic heterocycles. The van der Waals surface area contributed by atoms with Gasteiger partial charge in [0.25, 0.3) is 0 Å². The van der Waals surface area contributed by atoms with Crippen LogP contribution in [0.15, 0.2) is 22.7 Å². The standard InChI is InChI=1S/C12H16BrNO/c1-14-7-10-6-11(13)4-5-12(10)15-8-9-2-3-9/h4-6,9,14H,2-3,7-8H2,1H3. The second kappa shape index (κ2) is 4.99. The summed E-state index contributed by atoms with van der Waals surface area (Å²) in [5.74, 6) is 1.82. The molecule has 0 radical (unpaired) electrons. The largest absolute Gasteiger partial charge is 0.493 e. The molecule has 1 aliphatic carbocycles. The van der Waals surface area contributed by atoms with Crippen molar-refractivity contribution in [2.75, 3.05) is 13.7 Å². The molecular weight excluding hydrogens is 254 g/mol. The molecule has 2 nitrogen and oxygen atoms in total. The summed E-state index contributed by atoms with van der Waals surface area (Å²) in [6.07, 6.45) is 2.66. The van der Waals surface area contributed by atoms with Gasteiger partial charge in [-0.15, -0.1) is 0 Å². The van der Waals surface area contributed by atoms with E-state index in [0.29, 0.717) is 0 Å². The molecule has 1 saturated carbocycles. The number of nitrogens with one attached hydrogen (secondary N) is 1. The maximum atomic E-state index is 5.81. The quantitative estimate of drug-likeness (QED) is 0.888. The molecule has 82 valence electrons. The molecule has 0 bridgehead atoms. The Bertz CT molecular complexity index is 336. The molecular formula is C12H16BrNO. The van der Waals surface area contributed by atoms with E-state index in [1.807, 2.05) is 19.2 Å². The number of hydrogen-bond donors (Lipinski definition) is 1. The van der Waals surface area contributed by atoms with Gasteiger partial charge < -0.3 is 10.1 Å². The summed E-state index contributed by atoms with van der Waals surface area (Å²) in [5, 5.41) is 3.15. The minimum absolute atomic E-state index is 0.802. The van der Waals surface area contributed by atoms with Gasteiger partial charge in [0.2, 0.25) is 0 Å². The van der Waals surface area contributed by atoms with Crippen LogP contribution in [0, 0.1) is 5.92 Å². The van der Waals surface area contributed by atoms with E-state index >= 15 is 0 Å². The third-order valence-electron chi connectivity index (χ3n) is 2.56. The van der Waals surface area contributed by atoms with Gasteiger partial charge >= 0.3 is 0 Å². The third kappa shape index (κ3) is 3.21. The molecule has 1 aromatic carbocycles. The van der Waals surface area contributed by atoms with Gasteiger partial charge in [-0.25, -0.2) is 0 Å². The topological polar surface area (TPSA) is 21.3 Å². The molecule has 1 aromatic rings. The van der Waals surface area contributed by atoms with Gasteiger partial charge in [0.15, 0.2) is 0 Å². The van der Waals surface area contributed by atoms with E-state index in [2.05, 4.69) is 27.3 Å². The highest BCUT2D eigenvalue weighted by atomic mass is 79.9. The van der Waals surface area contributed by atoms with Crippen LogP contribution in [0.5, 0.6) is 5.75 Å². The zero-order chi connectivity index (χ0) is 10.7. The minimum Gasteiger partial charge on any atom is -0.493 e. The van der Waals surface area contributed by atoms with E-state index in [1.165, 1.54) is 18.4 Å². The highest BCUT2D eigenvalue weighted by Crippen LogP contribution is 2.31. The summed E-state index contributed by atoms with van der Waals surface area (Å²) < 4.78 is 6.91. The van der Waals surface area contributed by atoms with Gasteiger partial charge in [0.1, 0.15) is 5.75 Å². The summed E-state index contributed by atoms with van der Waals surface area (Å²) in [7, 11) is 1.95. The highest BCUT2D eigenvalue weighted by molar-refractivity contribution is 9.10. The zero-order valence-corrected chi connectivity index (χ0v) is 10.5. The van der Waals surface area contributed by atoms with Gasteiger partial charge in [-0.3, -0.25) is 0 Å². The maximum absolute atomic E-state index is 5.81. The van der Waals surface area contributed by atoms with Crippen LogP contribution in [-0.4, -0.2) is 13.7 Å². The molecule has 0 atom stereocenters. The van der Waals surface area contributed by atoms with Crippen LogP contribution in [0.4, 0.5) is 0 Å². The first kappa shape index (κ1) is 11.0. The Hall–Kier alpha value is -0.540. The summed E-state index contributed by atoms with van der Waals surface area (Å²) in [5.41, 5.74) is 1.22. The molecule has 15 heavy (non-hydrogen) atoms. The van der Waals surface area contributed by atoms with Crippen molar-refractivity contribution < 1.29 is 4.74 Å². The predicted molar refractivity (Wildman–Crippen MR) is 65.1 cm³/mol. The SMILES string of the molecule is CNCc1cc(Br)ccc1OCC1CC1.